The van der Waals surface area contributed by atoms with Crippen molar-refractivity contribution in [2.24, 2.45) is 0 Å². The molecule has 1 N–H and O–H groups in total. The maximum absolute atomic E-state index is 13.7. The standard InChI is InChI=1S/C23H30FN3O3S/c1-14-7-6-8-18(13-26(22(29)30)23(3,4)5)27(14)21(28)19-20(31-15(2)25-19)16-9-11-17(24)12-10-16/h9-12,14,18H,6-8,13H2,1-5H3,(H,29,30). The number of carboxylic acid groups (broad SMARTS) is 1. The van der Waals surface area contributed by atoms with Crippen molar-refractivity contribution in [2.75, 3.05) is 6.54 Å². The Morgan fingerprint density at radius 2 is 1.90 bits per heavy atom. The Morgan fingerprint density at radius 3 is 2.48 bits per heavy atom. The number of likely N-dealkylation sites (tertiary alicyclic amines) is 1. The summed E-state index contributed by atoms with van der Waals surface area (Å²) in [5.41, 5.74) is 0.529. The minimum Gasteiger partial charge on any atom is -0.465 e. The highest BCUT2D eigenvalue weighted by Crippen LogP contribution is 2.34. The first-order valence-corrected chi connectivity index (χ1v) is 11.4. The van der Waals surface area contributed by atoms with E-state index in [4.69, 9.17) is 0 Å². The van der Waals surface area contributed by atoms with Gasteiger partial charge in [0.05, 0.1) is 15.9 Å². The van der Waals surface area contributed by atoms with Crippen molar-refractivity contribution in [1.82, 2.24) is 14.8 Å². The number of rotatable bonds is 4. The van der Waals surface area contributed by atoms with Crippen LogP contribution in [0.5, 0.6) is 0 Å². The van der Waals surface area contributed by atoms with E-state index in [-0.39, 0.29) is 30.4 Å². The summed E-state index contributed by atoms with van der Waals surface area (Å²) in [7, 11) is 0. The molecule has 1 aliphatic rings. The van der Waals surface area contributed by atoms with Crippen molar-refractivity contribution in [3.8, 4) is 10.4 Å². The first-order valence-electron chi connectivity index (χ1n) is 10.6. The molecule has 2 atom stereocenters. The van der Waals surface area contributed by atoms with Gasteiger partial charge in [-0.25, -0.2) is 14.2 Å². The molecule has 0 bridgehead atoms. The predicted molar refractivity (Wildman–Crippen MR) is 120 cm³/mol. The first-order chi connectivity index (χ1) is 14.5. The first kappa shape index (κ1) is 23.2. The second-order valence-electron chi connectivity index (χ2n) is 9.13. The molecular weight excluding hydrogens is 417 g/mol. The van der Waals surface area contributed by atoms with Crippen LogP contribution >= 0.6 is 11.3 Å². The van der Waals surface area contributed by atoms with Crippen molar-refractivity contribution >= 4 is 23.3 Å². The van der Waals surface area contributed by atoms with E-state index in [1.165, 1.54) is 28.4 Å². The number of thiazole rings is 1. The Labute approximate surface area is 186 Å². The van der Waals surface area contributed by atoms with Gasteiger partial charge in [0.1, 0.15) is 11.5 Å². The maximum atomic E-state index is 13.7. The number of nitrogens with zero attached hydrogens (tertiary/aromatic N) is 3. The number of aryl methyl sites for hydroxylation is 1. The van der Waals surface area contributed by atoms with Crippen LogP contribution in [0.1, 0.15) is 62.5 Å². The Kier molecular flexibility index (Phi) is 6.69. The number of aromatic nitrogens is 1. The third kappa shape index (κ3) is 5.06. The second kappa shape index (κ2) is 8.94. The molecule has 1 aliphatic heterocycles. The zero-order valence-electron chi connectivity index (χ0n) is 18.7. The fourth-order valence-corrected chi connectivity index (χ4v) is 5.09. The third-order valence-electron chi connectivity index (χ3n) is 5.74. The monoisotopic (exact) mass is 447 g/mol. The summed E-state index contributed by atoms with van der Waals surface area (Å²) >= 11 is 1.41. The summed E-state index contributed by atoms with van der Waals surface area (Å²) in [5.74, 6) is -0.529. The minimum absolute atomic E-state index is 0.0232. The molecule has 8 heteroatoms. The van der Waals surface area contributed by atoms with E-state index in [0.717, 1.165) is 29.8 Å². The van der Waals surface area contributed by atoms with E-state index in [1.54, 1.807) is 12.1 Å². The quantitative estimate of drug-likeness (QED) is 0.679. The molecule has 2 heterocycles. The van der Waals surface area contributed by atoms with Gasteiger partial charge < -0.3 is 14.9 Å². The summed E-state index contributed by atoms with van der Waals surface area (Å²) < 4.78 is 13.4. The zero-order valence-corrected chi connectivity index (χ0v) is 19.5. The number of carbonyl (C=O) groups excluding carboxylic acids is 1. The van der Waals surface area contributed by atoms with Crippen molar-refractivity contribution in [3.05, 3.63) is 40.8 Å². The van der Waals surface area contributed by atoms with Gasteiger partial charge in [0.25, 0.3) is 5.91 Å². The molecule has 0 saturated carbocycles. The van der Waals surface area contributed by atoms with Crippen LogP contribution in [0.4, 0.5) is 9.18 Å². The van der Waals surface area contributed by atoms with Crippen LogP contribution in [0.3, 0.4) is 0 Å². The van der Waals surface area contributed by atoms with Crippen LogP contribution in [-0.2, 0) is 0 Å². The molecule has 1 saturated heterocycles. The predicted octanol–water partition coefficient (Wildman–Crippen LogP) is 5.42. The van der Waals surface area contributed by atoms with Crippen molar-refractivity contribution < 1.29 is 19.1 Å². The van der Waals surface area contributed by atoms with E-state index >= 15 is 0 Å². The molecule has 0 aliphatic carbocycles. The van der Waals surface area contributed by atoms with Crippen molar-refractivity contribution in [1.29, 1.82) is 0 Å². The van der Waals surface area contributed by atoms with Crippen molar-refractivity contribution in [2.45, 2.75) is 71.5 Å². The molecule has 1 aromatic heterocycles. The average molecular weight is 448 g/mol. The van der Waals surface area contributed by atoms with Gasteiger partial charge in [0.2, 0.25) is 0 Å². The minimum atomic E-state index is -0.991. The van der Waals surface area contributed by atoms with Crippen LogP contribution in [-0.4, -0.2) is 56.1 Å². The Bertz CT molecular complexity index is 952. The number of hydrogen-bond donors (Lipinski definition) is 1. The Hall–Kier alpha value is -2.48. The normalized spacial score (nSPS) is 19.4. The van der Waals surface area contributed by atoms with E-state index in [9.17, 15) is 19.1 Å². The van der Waals surface area contributed by atoms with Crippen LogP contribution < -0.4 is 0 Å². The van der Waals surface area contributed by atoms with Gasteiger partial charge in [-0.3, -0.25) is 4.79 Å². The largest absolute Gasteiger partial charge is 0.465 e. The number of hydrogen-bond acceptors (Lipinski definition) is 4. The smallest absolute Gasteiger partial charge is 0.407 e. The van der Waals surface area contributed by atoms with Crippen LogP contribution in [0.25, 0.3) is 10.4 Å². The van der Waals surface area contributed by atoms with Gasteiger partial charge in [-0.2, -0.15) is 0 Å². The second-order valence-corrected chi connectivity index (χ2v) is 10.3. The summed E-state index contributed by atoms with van der Waals surface area (Å²) in [4.78, 5) is 34.1. The number of benzene rings is 1. The lowest BCUT2D eigenvalue weighted by Crippen LogP contribution is -2.57. The Balaban J connectivity index is 1.96. The summed E-state index contributed by atoms with van der Waals surface area (Å²) in [6, 6.07) is 5.81. The molecule has 168 valence electrons. The number of piperidine rings is 1. The lowest BCUT2D eigenvalue weighted by atomic mass is 9.94. The highest BCUT2D eigenvalue weighted by atomic mass is 32.1. The fourth-order valence-electron chi connectivity index (χ4n) is 4.17. The summed E-state index contributed by atoms with van der Waals surface area (Å²) in [6.07, 6.45) is 1.55. The van der Waals surface area contributed by atoms with E-state index in [2.05, 4.69) is 4.98 Å². The van der Waals surface area contributed by atoms with Gasteiger partial charge in [-0.05, 0) is 71.6 Å². The molecule has 2 aromatic rings. The molecule has 2 amide bonds. The van der Waals surface area contributed by atoms with E-state index < -0.39 is 11.6 Å². The van der Waals surface area contributed by atoms with Gasteiger partial charge in [0, 0.05) is 18.1 Å². The zero-order chi connectivity index (χ0) is 22.9. The van der Waals surface area contributed by atoms with Gasteiger partial charge in [0.15, 0.2) is 0 Å². The lowest BCUT2D eigenvalue weighted by Gasteiger charge is -2.44. The van der Waals surface area contributed by atoms with Crippen LogP contribution in [0.2, 0.25) is 0 Å². The van der Waals surface area contributed by atoms with Crippen LogP contribution in [0, 0.1) is 12.7 Å². The summed E-state index contributed by atoms with van der Waals surface area (Å²) in [5, 5.41) is 10.5. The molecule has 2 unspecified atom stereocenters. The fraction of sp³-hybridized carbons (Fsp3) is 0.522. The number of amides is 2. The molecule has 0 spiro atoms. The molecule has 3 rings (SSSR count). The van der Waals surface area contributed by atoms with Gasteiger partial charge in [-0.15, -0.1) is 11.3 Å². The van der Waals surface area contributed by atoms with Gasteiger partial charge >= 0.3 is 6.09 Å². The molecule has 0 radical (unpaired) electrons. The highest BCUT2D eigenvalue weighted by Gasteiger charge is 2.38. The summed E-state index contributed by atoms with van der Waals surface area (Å²) in [6.45, 7) is 9.67. The number of halogens is 1. The van der Waals surface area contributed by atoms with Crippen molar-refractivity contribution in [3.63, 3.8) is 0 Å². The molecule has 1 aromatic carbocycles. The lowest BCUT2D eigenvalue weighted by molar-refractivity contribution is 0.0280. The Morgan fingerprint density at radius 1 is 1.26 bits per heavy atom. The third-order valence-corrected chi connectivity index (χ3v) is 6.76. The topological polar surface area (TPSA) is 73.7 Å². The average Bonchev–Trinajstić information content (AvgIpc) is 3.07. The van der Waals surface area contributed by atoms with Gasteiger partial charge in [-0.1, -0.05) is 12.1 Å². The maximum Gasteiger partial charge on any atom is 0.407 e. The molecule has 1 fully saturated rings. The SMILES string of the molecule is Cc1nc(C(=O)N2C(C)CCCC2CN(C(=O)O)C(C)(C)C)c(-c2ccc(F)cc2)s1. The number of carbonyl (C=O) groups is 2. The molecule has 6 nitrogen and oxygen atoms in total. The van der Waals surface area contributed by atoms with E-state index in [1.807, 2.05) is 39.5 Å². The molecular formula is C23H30FN3O3S. The highest BCUT2D eigenvalue weighted by molar-refractivity contribution is 7.15. The molecule has 31 heavy (non-hydrogen) atoms. The van der Waals surface area contributed by atoms with Crippen LogP contribution in [0.15, 0.2) is 24.3 Å². The van der Waals surface area contributed by atoms with E-state index in [0.29, 0.717) is 10.6 Å².